The van der Waals surface area contributed by atoms with Crippen LogP contribution in [0.5, 0.6) is 5.75 Å². The van der Waals surface area contributed by atoms with Crippen LogP contribution in [0.3, 0.4) is 0 Å². The molecule has 2 rings (SSSR count). The van der Waals surface area contributed by atoms with Crippen LogP contribution in [0.2, 0.25) is 0 Å². The Kier molecular flexibility index (Phi) is 6.20. The van der Waals surface area contributed by atoms with Crippen molar-refractivity contribution in [1.82, 2.24) is 15.1 Å². The van der Waals surface area contributed by atoms with Crippen molar-refractivity contribution in [2.75, 3.05) is 7.11 Å². The standard InChI is InChI=1S/C19H27N3O3/c1-6-22-17(11-16(21-22)12(2)3)19(24)20-13(4)18(23)14-7-9-15(25-5)10-8-14/h7-13,18,23H,6H2,1-5H3,(H,20,24). The number of hydrogen-bond donors (Lipinski definition) is 2. The molecule has 0 saturated heterocycles. The lowest BCUT2D eigenvalue weighted by atomic mass is 10.0. The van der Waals surface area contributed by atoms with Crippen molar-refractivity contribution in [1.29, 1.82) is 0 Å². The van der Waals surface area contributed by atoms with E-state index in [1.807, 2.05) is 26.8 Å². The van der Waals surface area contributed by atoms with Gasteiger partial charge in [-0.25, -0.2) is 0 Å². The van der Waals surface area contributed by atoms with E-state index in [1.54, 1.807) is 43.0 Å². The minimum Gasteiger partial charge on any atom is -0.497 e. The van der Waals surface area contributed by atoms with Crippen LogP contribution in [0.4, 0.5) is 0 Å². The largest absolute Gasteiger partial charge is 0.497 e. The average Bonchev–Trinajstić information content (AvgIpc) is 3.06. The normalized spacial score (nSPS) is 13.6. The number of carbonyl (C=O) groups excluding carboxylic acids is 1. The second-order valence-corrected chi connectivity index (χ2v) is 6.41. The number of carbonyl (C=O) groups is 1. The molecule has 136 valence electrons. The molecule has 0 radical (unpaired) electrons. The maximum Gasteiger partial charge on any atom is 0.269 e. The lowest BCUT2D eigenvalue weighted by Crippen LogP contribution is -2.38. The molecule has 2 N–H and O–H groups in total. The van der Waals surface area contributed by atoms with Crippen LogP contribution in [-0.2, 0) is 6.54 Å². The van der Waals surface area contributed by atoms with Crippen LogP contribution < -0.4 is 10.1 Å². The van der Waals surface area contributed by atoms with E-state index in [-0.39, 0.29) is 11.8 Å². The van der Waals surface area contributed by atoms with Crippen molar-refractivity contribution in [3.05, 3.63) is 47.3 Å². The molecule has 0 saturated carbocycles. The second kappa shape index (κ2) is 8.16. The fourth-order valence-electron chi connectivity index (χ4n) is 2.59. The zero-order valence-corrected chi connectivity index (χ0v) is 15.5. The zero-order valence-electron chi connectivity index (χ0n) is 15.5. The molecule has 0 spiro atoms. The summed E-state index contributed by atoms with van der Waals surface area (Å²) in [5.41, 5.74) is 2.12. The SMILES string of the molecule is CCn1nc(C(C)C)cc1C(=O)NC(C)C(O)c1ccc(OC)cc1. The Morgan fingerprint density at radius 3 is 2.44 bits per heavy atom. The van der Waals surface area contributed by atoms with E-state index < -0.39 is 12.1 Å². The van der Waals surface area contributed by atoms with E-state index in [2.05, 4.69) is 10.4 Å². The summed E-state index contributed by atoms with van der Waals surface area (Å²) in [5, 5.41) is 17.8. The average molecular weight is 345 g/mol. The van der Waals surface area contributed by atoms with E-state index in [0.29, 0.717) is 12.2 Å². The Bertz CT molecular complexity index is 707. The van der Waals surface area contributed by atoms with Crippen LogP contribution in [-0.4, -0.2) is 33.9 Å². The highest BCUT2D eigenvalue weighted by atomic mass is 16.5. The number of aliphatic hydroxyl groups excluding tert-OH is 1. The first-order chi connectivity index (χ1) is 11.9. The molecule has 1 amide bonds. The van der Waals surface area contributed by atoms with E-state index in [1.165, 1.54) is 0 Å². The van der Waals surface area contributed by atoms with Gasteiger partial charge in [-0.3, -0.25) is 9.48 Å². The first kappa shape index (κ1) is 19.0. The fraction of sp³-hybridized carbons (Fsp3) is 0.474. The van der Waals surface area contributed by atoms with Crippen molar-refractivity contribution in [2.45, 2.75) is 52.3 Å². The van der Waals surface area contributed by atoms with Gasteiger partial charge in [-0.2, -0.15) is 5.10 Å². The van der Waals surface area contributed by atoms with Crippen molar-refractivity contribution in [2.24, 2.45) is 0 Å². The van der Waals surface area contributed by atoms with Crippen LogP contribution >= 0.6 is 0 Å². The fourth-order valence-corrected chi connectivity index (χ4v) is 2.59. The second-order valence-electron chi connectivity index (χ2n) is 6.41. The molecule has 0 bridgehead atoms. The molecule has 25 heavy (non-hydrogen) atoms. The quantitative estimate of drug-likeness (QED) is 0.809. The third-order valence-corrected chi connectivity index (χ3v) is 4.21. The third-order valence-electron chi connectivity index (χ3n) is 4.21. The number of amides is 1. The van der Waals surface area contributed by atoms with Crippen LogP contribution in [0.25, 0.3) is 0 Å². The number of nitrogens with zero attached hydrogens (tertiary/aromatic N) is 2. The molecule has 2 aromatic rings. The summed E-state index contributed by atoms with van der Waals surface area (Å²) in [6, 6.07) is 8.53. The molecule has 1 aromatic carbocycles. The summed E-state index contributed by atoms with van der Waals surface area (Å²) >= 11 is 0. The Morgan fingerprint density at radius 1 is 1.28 bits per heavy atom. The highest BCUT2D eigenvalue weighted by Crippen LogP contribution is 2.21. The lowest BCUT2D eigenvalue weighted by Gasteiger charge is -2.21. The maximum atomic E-state index is 12.6. The number of methoxy groups -OCH3 is 1. The van der Waals surface area contributed by atoms with Crippen molar-refractivity contribution >= 4 is 5.91 Å². The Balaban J connectivity index is 2.10. The highest BCUT2D eigenvalue weighted by Gasteiger charge is 2.22. The van der Waals surface area contributed by atoms with Gasteiger partial charge in [-0.1, -0.05) is 26.0 Å². The molecular formula is C19H27N3O3. The van der Waals surface area contributed by atoms with Crippen LogP contribution in [0.15, 0.2) is 30.3 Å². The van der Waals surface area contributed by atoms with Gasteiger partial charge < -0.3 is 15.2 Å². The molecule has 1 heterocycles. The topological polar surface area (TPSA) is 76.4 Å². The van der Waals surface area contributed by atoms with Crippen LogP contribution in [0.1, 0.15) is 61.5 Å². The van der Waals surface area contributed by atoms with Gasteiger partial charge in [0.25, 0.3) is 5.91 Å². The Morgan fingerprint density at radius 2 is 1.92 bits per heavy atom. The highest BCUT2D eigenvalue weighted by molar-refractivity contribution is 5.93. The molecule has 1 aromatic heterocycles. The number of aryl methyl sites for hydroxylation is 1. The number of ether oxygens (including phenoxy) is 1. The van der Waals surface area contributed by atoms with Gasteiger partial charge in [-0.05, 0) is 43.5 Å². The molecule has 0 fully saturated rings. The van der Waals surface area contributed by atoms with E-state index in [0.717, 1.165) is 17.0 Å². The predicted molar refractivity (Wildman–Crippen MR) is 96.9 cm³/mol. The monoisotopic (exact) mass is 345 g/mol. The summed E-state index contributed by atoms with van der Waals surface area (Å²) in [6.45, 7) is 8.43. The van der Waals surface area contributed by atoms with Crippen LogP contribution in [0, 0.1) is 0 Å². The molecule has 2 atom stereocenters. The summed E-state index contributed by atoms with van der Waals surface area (Å²) in [4.78, 5) is 12.6. The summed E-state index contributed by atoms with van der Waals surface area (Å²) in [5.74, 6) is 0.740. The zero-order chi connectivity index (χ0) is 18.6. The first-order valence-corrected chi connectivity index (χ1v) is 8.58. The first-order valence-electron chi connectivity index (χ1n) is 8.58. The third kappa shape index (κ3) is 4.39. The van der Waals surface area contributed by atoms with E-state index in [4.69, 9.17) is 4.74 Å². The van der Waals surface area contributed by atoms with Crippen molar-refractivity contribution < 1.29 is 14.6 Å². The molecule has 6 nitrogen and oxygen atoms in total. The van der Waals surface area contributed by atoms with Crippen molar-refractivity contribution in [3.63, 3.8) is 0 Å². The Labute approximate surface area is 148 Å². The smallest absolute Gasteiger partial charge is 0.269 e. The molecule has 2 unspecified atom stereocenters. The number of aliphatic hydroxyl groups is 1. The minimum atomic E-state index is -0.808. The van der Waals surface area contributed by atoms with Gasteiger partial charge in [0.1, 0.15) is 11.4 Å². The number of nitrogens with one attached hydrogen (secondary N) is 1. The minimum absolute atomic E-state index is 0.235. The Hall–Kier alpha value is -2.34. The maximum absolute atomic E-state index is 12.6. The molecular weight excluding hydrogens is 318 g/mol. The molecule has 0 aliphatic heterocycles. The van der Waals surface area contributed by atoms with Gasteiger partial charge >= 0.3 is 0 Å². The van der Waals surface area contributed by atoms with E-state index in [9.17, 15) is 9.90 Å². The molecule has 0 aliphatic carbocycles. The molecule has 6 heteroatoms. The number of rotatable bonds is 7. The van der Waals surface area contributed by atoms with Gasteiger partial charge in [0.15, 0.2) is 0 Å². The van der Waals surface area contributed by atoms with Gasteiger partial charge in [-0.15, -0.1) is 0 Å². The number of hydrogen-bond acceptors (Lipinski definition) is 4. The van der Waals surface area contributed by atoms with Gasteiger partial charge in [0.2, 0.25) is 0 Å². The number of aromatic nitrogens is 2. The predicted octanol–water partition coefficient (Wildman–Crippen LogP) is 2.89. The van der Waals surface area contributed by atoms with Crippen molar-refractivity contribution in [3.8, 4) is 5.75 Å². The summed E-state index contributed by atoms with van der Waals surface area (Å²) < 4.78 is 6.81. The summed E-state index contributed by atoms with van der Waals surface area (Å²) in [7, 11) is 1.59. The lowest BCUT2D eigenvalue weighted by molar-refractivity contribution is 0.0842. The van der Waals surface area contributed by atoms with E-state index >= 15 is 0 Å². The summed E-state index contributed by atoms with van der Waals surface area (Å²) in [6.07, 6.45) is -0.808. The molecule has 0 aliphatic rings. The van der Waals surface area contributed by atoms with Gasteiger partial charge in [0.05, 0.1) is 24.9 Å². The number of benzene rings is 1. The van der Waals surface area contributed by atoms with Gasteiger partial charge in [0, 0.05) is 6.54 Å².